The van der Waals surface area contributed by atoms with Gasteiger partial charge in [-0.1, -0.05) is 31.4 Å². The lowest BCUT2D eigenvalue weighted by molar-refractivity contribution is 0.0912. The van der Waals surface area contributed by atoms with Crippen LogP contribution in [-0.2, 0) is 12.8 Å². The molecule has 0 spiro atoms. The van der Waals surface area contributed by atoms with Crippen LogP contribution in [0.15, 0.2) is 42.5 Å². The molecule has 5 rings (SSSR count). The maximum absolute atomic E-state index is 14.8. The van der Waals surface area contributed by atoms with Crippen molar-refractivity contribution in [1.82, 2.24) is 15.1 Å². The smallest absolute Gasteiger partial charge is 0.272 e. The molecule has 184 valence electrons. The molecule has 0 bridgehead atoms. The number of halogens is 3. The second-order valence-corrected chi connectivity index (χ2v) is 9.95. The Bertz CT molecular complexity index is 1230. The van der Waals surface area contributed by atoms with E-state index in [9.17, 15) is 18.0 Å². The molecule has 1 fully saturated rings. The first-order valence-electron chi connectivity index (χ1n) is 12.5. The third-order valence-electron chi connectivity index (χ3n) is 7.59. The van der Waals surface area contributed by atoms with E-state index in [1.807, 2.05) is 13.0 Å². The second-order valence-electron chi connectivity index (χ2n) is 9.95. The summed E-state index contributed by atoms with van der Waals surface area (Å²) in [6.07, 6.45) is 7.71. The molecule has 3 aromatic rings. The van der Waals surface area contributed by atoms with E-state index in [1.165, 1.54) is 48.2 Å². The topological polar surface area (TPSA) is 46.9 Å². The lowest BCUT2D eigenvalue weighted by Crippen LogP contribution is -2.39. The monoisotopic (exact) mass is 481 g/mol. The van der Waals surface area contributed by atoms with Gasteiger partial charge in [-0.25, -0.2) is 17.9 Å². The molecular weight excluding hydrogens is 451 g/mol. The number of fused-ring (bicyclic) bond motifs is 1. The normalized spacial score (nSPS) is 18.9. The van der Waals surface area contributed by atoms with Gasteiger partial charge in [0.05, 0.1) is 5.69 Å². The molecule has 1 unspecified atom stereocenters. The van der Waals surface area contributed by atoms with Crippen LogP contribution in [0.2, 0.25) is 0 Å². The van der Waals surface area contributed by atoms with E-state index in [2.05, 4.69) is 10.4 Å². The number of amides is 1. The molecule has 1 saturated carbocycles. The van der Waals surface area contributed by atoms with E-state index >= 15 is 0 Å². The molecule has 2 atom stereocenters. The van der Waals surface area contributed by atoms with E-state index in [4.69, 9.17) is 0 Å². The van der Waals surface area contributed by atoms with Crippen LogP contribution in [0.1, 0.15) is 78.7 Å². The number of hydrogen-bond acceptors (Lipinski definition) is 2. The number of nitrogens with zero attached hydrogens (tertiary/aromatic N) is 2. The molecule has 2 aliphatic carbocycles. The van der Waals surface area contributed by atoms with Crippen LogP contribution in [0.4, 0.5) is 13.2 Å². The molecule has 0 saturated heterocycles. The van der Waals surface area contributed by atoms with E-state index in [0.29, 0.717) is 24.5 Å². The van der Waals surface area contributed by atoms with Gasteiger partial charge in [-0.3, -0.25) is 4.79 Å². The lowest BCUT2D eigenvalue weighted by Gasteiger charge is -2.28. The Morgan fingerprint density at radius 2 is 1.83 bits per heavy atom. The van der Waals surface area contributed by atoms with Crippen LogP contribution in [0, 0.1) is 23.4 Å². The molecule has 35 heavy (non-hydrogen) atoms. The Balaban J connectivity index is 1.50. The summed E-state index contributed by atoms with van der Waals surface area (Å²) in [7, 11) is 0. The molecule has 0 aliphatic heterocycles. The van der Waals surface area contributed by atoms with Gasteiger partial charge in [0.25, 0.3) is 5.91 Å². The molecule has 1 N–H and O–H groups in total. The molecule has 1 aromatic heterocycles. The van der Waals surface area contributed by atoms with Gasteiger partial charge in [0.1, 0.15) is 17.3 Å². The van der Waals surface area contributed by atoms with Crippen molar-refractivity contribution in [2.24, 2.45) is 5.92 Å². The predicted octanol–water partition coefficient (Wildman–Crippen LogP) is 6.26. The van der Waals surface area contributed by atoms with Gasteiger partial charge < -0.3 is 5.32 Å². The van der Waals surface area contributed by atoms with Crippen molar-refractivity contribution in [2.75, 3.05) is 0 Å². The minimum absolute atomic E-state index is 0.0238. The fourth-order valence-corrected chi connectivity index (χ4v) is 5.78. The van der Waals surface area contributed by atoms with Crippen molar-refractivity contribution < 1.29 is 18.0 Å². The number of rotatable bonds is 6. The standard InChI is InChI=1S/C28H30F3N3O/c1-17(19-7-3-2-4-8-19)32-28(35)26-23-12-10-20(14-18-6-5-9-21(29)15-18)27(23)34(33-26)25-13-11-22(30)16-24(25)31/h5-6,9,11,13,15-17,19-20H,2-4,7-8,10,12,14H2,1H3,(H,32,35)/t17-,20?/m1/s1. The predicted molar refractivity (Wildman–Crippen MR) is 128 cm³/mol. The van der Waals surface area contributed by atoms with E-state index in [-0.39, 0.29) is 29.4 Å². The highest BCUT2D eigenvalue weighted by molar-refractivity contribution is 5.94. The summed E-state index contributed by atoms with van der Waals surface area (Å²) >= 11 is 0. The molecular formula is C28H30F3N3O. The SMILES string of the molecule is C[C@@H](NC(=O)c1nn(-c2ccc(F)cc2F)c2c1CCC2Cc1cccc(F)c1)C1CCCCC1. The van der Waals surface area contributed by atoms with E-state index < -0.39 is 11.6 Å². The first kappa shape index (κ1) is 23.6. The molecule has 4 nitrogen and oxygen atoms in total. The van der Waals surface area contributed by atoms with E-state index in [1.54, 1.807) is 6.07 Å². The van der Waals surface area contributed by atoms with Gasteiger partial charge in [0, 0.05) is 23.6 Å². The maximum Gasteiger partial charge on any atom is 0.272 e. The third-order valence-corrected chi connectivity index (χ3v) is 7.59. The Hall–Kier alpha value is -3.09. The number of nitrogens with one attached hydrogen (secondary N) is 1. The number of aromatic nitrogens is 2. The molecule has 0 radical (unpaired) electrons. The largest absolute Gasteiger partial charge is 0.348 e. The Morgan fingerprint density at radius 3 is 2.57 bits per heavy atom. The fourth-order valence-electron chi connectivity index (χ4n) is 5.78. The minimum atomic E-state index is -0.741. The minimum Gasteiger partial charge on any atom is -0.348 e. The average Bonchev–Trinajstić information content (AvgIpc) is 3.41. The summed E-state index contributed by atoms with van der Waals surface area (Å²) < 4.78 is 43.7. The third kappa shape index (κ3) is 4.86. The number of hydrogen-bond donors (Lipinski definition) is 1. The Morgan fingerprint density at radius 1 is 1.06 bits per heavy atom. The van der Waals surface area contributed by atoms with Gasteiger partial charge in [-0.05, 0) is 74.8 Å². The van der Waals surface area contributed by atoms with Crippen molar-refractivity contribution in [1.29, 1.82) is 0 Å². The van der Waals surface area contributed by atoms with Crippen molar-refractivity contribution in [2.45, 2.75) is 70.3 Å². The zero-order valence-electron chi connectivity index (χ0n) is 19.9. The Labute approximate surface area is 203 Å². The average molecular weight is 482 g/mol. The quantitative estimate of drug-likeness (QED) is 0.452. The zero-order chi connectivity index (χ0) is 24.5. The highest BCUT2D eigenvalue weighted by Crippen LogP contribution is 2.39. The van der Waals surface area contributed by atoms with E-state index in [0.717, 1.165) is 42.1 Å². The maximum atomic E-state index is 14.8. The van der Waals surface area contributed by atoms with Crippen LogP contribution in [0.5, 0.6) is 0 Å². The van der Waals surface area contributed by atoms with Crippen LogP contribution < -0.4 is 5.32 Å². The van der Waals surface area contributed by atoms with Gasteiger partial charge >= 0.3 is 0 Å². The number of carbonyl (C=O) groups excluding carboxylic acids is 1. The van der Waals surface area contributed by atoms with Crippen LogP contribution in [-0.4, -0.2) is 21.7 Å². The summed E-state index contributed by atoms with van der Waals surface area (Å²) in [5, 5.41) is 7.71. The van der Waals surface area contributed by atoms with Gasteiger partial charge in [-0.2, -0.15) is 5.10 Å². The highest BCUT2D eigenvalue weighted by Gasteiger charge is 2.35. The summed E-state index contributed by atoms with van der Waals surface area (Å²) in [5.41, 5.74) is 2.77. The zero-order valence-corrected chi connectivity index (χ0v) is 19.9. The van der Waals surface area contributed by atoms with Crippen molar-refractivity contribution >= 4 is 5.91 Å². The summed E-state index contributed by atoms with van der Waals surface area (Å²) in [5.74, 6) is -1.61. The molecule has 2 aromatic carbocycles. The van der Waals surface area contributed by atoms with Crippen LogP contribution in [0.3, 0.4) is 0 Å². The summed E-state index contributed by atoms with van der Waals surface area (Å²) in [6, 6.07) is 9.81. The number of benzene rings is 2. The molecule has 7 heteroatoms. The first-order chi connectivity index (χ1) is 16.9. The number of carbonyl (C=O) groups is 1. The van der Waals surface area contributed by atoms with Crippen molar-refractivity contribution in [3.05, 3.63) is 82.4 Å². The lowest BCUT2D eigenvalue weighted by atomic mass is 9.84. The highest BCUT2D eigenvalue weighted by atomic mass is 19.1. The molecule has 1 heterocycles. The fraction of sp³-hybridized carbons (Fsp3) is 0.429. The molecule has 2 aliphatic rings. The summed E-state index contributed by atoms with van der Waals surface area (Å²) in [4.78, 5) is 13.4. The van der Waals surface area contributed by atoms with Gasteiger partial charge in [-0.15, -0.1) is 0 Å². The van der Waals surface area contributed by atoms with Crippen LogP contribution >= 0.6 is 0 Å². The van der Waals surface area contributed by atoms with Crippen molar-refractivity contribution in [3.63, 3.8) is 0 Å². The van der Waals surface area contributed by atoms with Crippen molar-refractivity contribution in [3.8, 4) is 5.69 Å². The Kier molecular flexibility index (Phi) is 6.67. The molecule has 1 amide bonds. The second kappa shape index (κ2) is 9.88. The van der Waals surface area contributed by atoms with Gasteiger partial charge in [0.2, 0.25) is 0 Å². The first-order valence-corrected chi connectivity index (χ1v) is 12.5. The van der Waals surface area contributed by atoms with Gasteiger partial charge in [0.15, 0.2) is 11.5 Å². The summed E-state index contributed by atoms with van der Waals surface area (Å²) in [6.45, 7) is 2.04. The van der Waals surface area contributed by atoms with Crippen LogP contribution in [0.25, 0.3) is 5.69 Å².